The lowest BCUT2D eigenvalue weighted by Crippen LogP contribution is -2.24. The molecule has 0 spiro atoms. The number of thiophene rings is 1. The average molecular weight is 470 g/mol. The van der Waals surface area contributed by atoms with Crippen LogP contribution in [-0.4, -0.2) is 31.3 Å². The van der Waals surface area contributed by atoms with Crippen molar-refractivity contribution in [2.75, 3.05) is 5.32 Å². The number of thioether (sulfide) groups is 1. The molecule has 0 aliphatic rings. The Bertz CT molecular complexity index is 1200. The molecule has 0 fully saturated rings. The van der Waals surface area contributed by atoms with Crippen molar-refractivity contribution in [3.05, 3.63) is 46.5 Å². The summed E-state index contributed by atoms with van der Waals surface area (Å²) in [6, 6.07) is 10.3. The van der Waals surface area contributed by atoms with E-state index in [1.54, 1.807) is 17.7 Å². The van der Waals surface area contributed by atoms with Crippen LogP contribution in [0.1, 0.15) is 43.0 Å². The van der Waals surface area contributed by atoms with E-state index in [4.69, 9.17) is 0 Å². The molecular formula is C22H23N5OS3. The van der Waals surface area contributed by atoms with Gasteiger partial charge in [-0.3, -0.25) is 10.1 Å². The predicted octanol–water partition coefficient (Wildman–Crippen LogP) is 6.15. The van der Waals surface area contributed by atoms with Crippen molar-refractivity contribution in [1.29, 1.82) is 0 Å². The normalized spacial score (nSPS) is 12.4. The lowest BCUT2D eigenvalue weighted by Gasteiger charge is -2.14. The van der Waals surface area contributed by atoms with E-state index in [9.17, 15) is 4.79 Å². The second-order valence-corrected chi connectivity index (χ2v) is 10.8. The highest BCUT2D eigenvalue weighted by Gasteiger charge is 2.24. The van der Waals surface area contributed by atoms with Gasteiger partial charge < -0.3 is 0 Å². The molecule has 3 heterocycles. The van der Waals surface area contributed by atoms with Crippen molar-refractivity contribution in [3.8, 4) is 11.1 Å². The zero-order chi connectivity index (χ0) is 22.0. The maximum atomic E-state index is 13.0. The van der Waals surface area contributed by atoms with Crippen LogP contribution < -0.4 is 5.32 Å². The number of hydrogen-bond donors (Lipinski definition) is 1. The topological polar surface area (TPSA) is 80.7 Å². The monoisotopic (exact) mass is 469 g/mol. The van der Waals surface area contributed by atoms with Crippen molar-refractivity contribution in [1.82, 2.24) is 20.2 Å². The van der Waals surface area contributed by atoms with Crippen LogP contribution in [-0.2, 0) is 4.79 Å². The van der Waals surface area contributed by atoms with Gasteiger partial charge >= 0.3 is 0 Å². The van der Waals surface area contributed by atoms with Crippen molar-refractivity contribution in [2.45, 2.75) is 50.3 Å². The summed E-state index contributed by atoms with van der Waals surface area (Å²) < 4.78 is 0. The minimum Gasteiger partial charge on any atom is -0.300 e. The fourth-order valence-electron chi connectivity index (χ4n) is 3.22. The SMILES string of the molecule is CCC(Sc1ncnc2sc(C)c(-c3ccccc3)c12)C(=O)Nc1nnc(C(C)C)s1. The largest absolute Gasteiger partial charge is 0.300 e. The van der Waals surface area contributed by atoms with Crippen LogP contribution >= 0.6 is 34.4 Å². The maximum Gasteiger partial charge on any atom is 0.239 e. The molecule has 6 nitrogen and oxygen atoms in total. The van der Waals surface area contributed by atoms with Crippen molar-refractivity contribution in [3.63, 3.8) is 0 Å². The summed E-state index contributed by atoms with van der Waals surface area (Å²) in [5.74, 6) is 0.200. The summed E-state index contributed by atoms with van der Waals surface area (Å²) in [5.41, 5.74) is 2.28. The van der Waals surface area contributed by atoms with Gasteiger partial charge in [0.05, 0.1) is 10.6 Å². The number of carbonyl (C=O) groups excluding carboxylic acids is 1. The van der Waals surface area contributed by atoms with Crippen LogP contribution in [0.4, 0.5) is 5.13 Å². The standard InChI is InChI=1S/C22H23N5OS3/c1-5-15(18(28)25-22-27-26-19(31-22)12(2)3)30-21-17-16(14-9-7-6-8-10-14)13(4)29-20(17)23-11-24-21/h6-12,15H,5H2,1-4H3,(H,25,27,28). The third kappa shape index (κ3) is 4.63. The first-order valence-electron chi connectivity index (χ1n) is 10.1. The molecule has 1 amide bonds. The minimum absolute atomic E-state index is 0.0843. The Morgan fingerprint density at radius 3 is 2.58 bits per heavy atom. The number of amides is 1. The smallest absolute Gasteiger partial charge is 0.239 e. The molecule has 160 valence electrons. The molecular weight excluding hydrogens is 446 g/mol. The summed E-state index contributed by atoms with van der Waals surface area (Å²) in [6.45, 7) is 8.23. The molecule has 3 aromatic heterocycles. The Morgan fingerprint density at radius 2 is 1.90 bits per heavy atom. The van der Waals surface area contributed by atoms with Crippen LogP contribution in [0.2, 0.25) is 0 Å². The predicted molar refractivity (Wildman–Crippen MR) is 130 cm³/mol. The molecule has 31 heavy (non-hydrogen) atoms. The van der Waals surface area contributed by atoms with Gasteiger partial charge in [0.15, 0.2) is 0 Å². The van der Waals surface area contributed by atoms with Gasteiger partial charge in [-0.05, 0) is 18.9 Å². The van der Waals surface area contributed by atoms with E-state index < -0.39 is 0 Å². The molecule has 0 aliphatic carbocycles. The second kappa shape index (κ2) is 9.42. The molecule has 0 bridgehead atoms. The summed E-state index contributed by atoms with van der Waals surface area (Å²) >= 11 is 4.56. The number of carbonyl (C=O) groups is 1. The first-order valence-corrected chi connectivity index (χ1v) is 12.6. The van der Waals surface area contributed by atoms with Gasteiger partial charge in [-0.15, -0.1) is 21.5 Å². The fraction of sp³-hybridized carbons (Fsp3) is 0.318. The Morgan fingerprint density at radius 1 is 1.13 bits per heavy atom. The lowest BCUT2D eigenvalue weighted by molar-refractivity contribution is -0.115. The molecule has 4 rings (SSSR count). The number of anilines is 1. The molecule has 0 aliphatic heterocycles. The zero-order valence-corrected chi connectivity index (χ0v) is 20.2. The molecule has 1 N–H and O–H groups in total. The number of aromatic nitrogens is 4. The minimum atomic E-state index is -0.298. The zero-order valence-electron chi connectivity index (χ0n) is 17.7. The number of benzene rings is 1. The molecule has 1 aromatic carbocycles. The van der Waals surface area contributed by atoms with Gasteiger partial charge in [-0.1, -0.05) is 74.2 Å². The van der Waals surface area contributed by atoms with Crippen LogP contribution in [0.5, 0.6) is 0 Å². The summed E-state index contributed by atoms with van der Waals surface area (Å²) in [6.07, 6.45) is 2.25. The number of fused-ring (bicyclic) bond motifs is 1. The first-order chi connectivity index (χ1) is 15.0. The van der Waals surface area contributed by atoms with Gasteiger partial charge in [-0.25, -0.2) is 9.97 Å². The Hall–Kier alpha value is -2.36. The average Bonchev–Trinajstić information content (AvgIpc) is 3.36. The molecule has 9 heteroatoms. The molecule has 0 radical (unpaired) electrons. The Kier molecular flexibility index (Phi) is 6.64. The van der Waals surface area contributed by atoms with Gasteiger partial charge in [0.25, 0.3) is 0 Å². The van der Waals surface area contributed by atoms with E-state index in [1.807, 2.05) is 25.1 Å². The Labute approximate surface area is 193 Å². The molecule has 4 aromatic rings. The van der Waals surface area contributed by atoms with Crippen LogP contribution in [0, 0.1) is 6.92 Å². The van der Waals surface area contributed by atoms with Crippen LogP contribution in [0.3, 0.4) is 0 Å². The van der Waals surface area contributed by atoms with E-state index in [0.29, 0.717) is 11.6 Å². The molecule has 1 unspecified atom stereocenters. The van der Waals surface area contributed by atoms with Gasteiger partial charge in [0, 0.05) is 16.4 Å². The van der Waals surface area contributed by atoms with E-state index in [2.05, 4.69) is 58.4 Å². The van der Waals surface area contributed by atoms with Crippen molar-refractivity contribution < 1.29 is 4.79 Å². The first kappa shape index (κ1) is 21.9. The molecule has 0 saturated carbocycles. The van der Waals surface area contributed by atoms with Crippen molar-refractivity contribution >= 4 is 55.7 Å². The lowest BCUT2D eigenvalue weighted by atomic mass is 10.0. The third-order valence-electron chi connectivity index (χ3n) is 4.77. The third-order valence-corrected chi connectivity index (χ3v) is 8.29. The number of nitrogens with zero attached hydrogens (tertiary/aromatic N) is 4. The van der Waals surface area contributed by atoms with E-state index in [1.165, 1.54) is 28.0 Å². The maximum absolute atomic E-state index is 13.0. The summed E-state index contributed by atoms with van der Waals surface area (Å²) in [7, 11) is 0. The fourth-order valence-corrected chi connectivity index (χ4v) is 6.07. The second-order valence-electron chi connectivity index (χ2n) is 7.36. The molecule has 1 atom stereocenters. The van der Waals surface area contributed by atoms with Gasteiger partial charge in [0.2, 0.25) is 11.0 Å². The highest BCUT2D eigenvalue weighted by Crippen LogP contribution is 2.42. The number of aryl methyl sites for hydroxylation is 1. The van der Waals surface area contributed by atoms with Gasteiger partial charge in [-0.2, -0.15) is 0 Å². The van der Waals surface area contributed by atoms with E-state index >= 15 is 0 Å². The summed E-state index contributed by atoms with van der Waals surface area (Å²) in [4.78, 5) is 24.2. The number of nitrogens with one attached hydrogen (secondary N) is 1. The van der Waals surface area contributed by atoms with Crippen LogP contribution in [0.15, 0.2) is 41.7 Å². The highest BCUT2D eigenvalue weighted by atomic mass is 32.2. The van der Waals surface area contributed by atoms with Crippen LogP contribution in [0.25, 0.3) is 21.3 Å². The molecule has 0 saturated heterocycles. The van der Waals surface area contributed by atoms with E-state index in [-0.39, 0.29) is 17.1 Å². The number of rotatable bonds is 7. The van der Waals surface area contributed by atoms with Crippen molar-refractivity contribution in [2.24, 2.45) is 0 Å². The summed E-state index contributed by atoms with van der Waals surface area (Å²) in [5, 5.41) is 14.2. The Balaban J connectivity index is 1.64. The van der Waals surface area contributed by atoms with E-state index in [0.717, 1.165) is 31.4 Å². The number of hydrogen-bond acceptors (Lipinski definition) is 8. The quantitative estimate of drug-likeness (QED) is 0.258. The van der Waals surface area contributed by atoms with Gasteiger partial charge in [0.1, 0.15) is 21.2 Å². The highest BCUT2D eigenvalue weighted by molar-refractivity contribution is 8.00.